The van der Waals surface area contributed by atoms with Crippen molar-refractivity contribution in [1.82, 2.24) is 4.90 Å². The fourth-order valence-corrected chi connectivity index (χ4v) is 2.35. The Morgan fingerprint density at radius 3 is 2.00 bits per heavy atom. The van der Waals surface area contributed by atoms with Gasteiger partial charge in [-0.15, -0.1) is 0 Å². The fourth-order valence-electron chi connectivity index (χ4n) is 2.35. The van der Waals surface area contributed by atoms with Crippen molar-refractivity contribution in [3.05, 3.63) is 47.5 Å². The molecule has 3 rings (SSSR count). The summed E-state index contributed by atoms with van der Waals surface area (Å²) in [6.07, 6.45) is 4.60. The van der Waals surface area contributed by atoms with Crippen LogP contribution in [-0.2, 0) is 0 Å². The first-order valence-electron chi connectivity index (χ1n) is 4.37. The van der Waals surface area contributed by atoms with E-state index in [9.17, 15) is 0 Å². The average Bonchev–Trinajstić information content (AvgIpc) is 2.61. The summed E-state index contributed by atoms with van der Waals surface area (Å²) in [5.74, 6) is 0. The largest absolute Gasteiger partial charge is 0.285 e. The van der Waals surface area contributed by atoms with Gasteiger partial charge in [0.25, 0.3) is 0 Å². The molecule has 2 heterocycles. The first-order chi connectivity index (χ1) is 5.88. The molecule has 0 aliphatic carbocycles. The number of benzene rings is 1. The van der Waals surface area contributed by atoms with Crippen LogP contribution >= 0.6 is 0 Å². The van der Waals surface area contributed by atoms with E-state index in [0.29, 0.717) is 12.1 Å². The van der Waals surface area contributed by atoms with Crippen LogP contribution in [0.3, 0.4) is 0 Å². The molecule has 2 aliphatic heterocycles. The van der Waals surface area contributed by atoms with Gasteiger partial charge in [0, 0.05) is 0 Å². The molecule has 2 bridgehead atoms. The predicted molar refractivity (Wildman–Crippen MR) is 48.8 cm³/mol. The van der Waals surface area contributed by atoms with E-state index >= 15 is 0 Å². The van der Waals surface area contributed by atoms with Crippen LogP contribution in [0.4, 0.5) is 0 Å². The van der Waals surface area contributed by atoms with E-state index in [4.69, 9.17) is 0 Å². The smallest absolute Gasteiger partial charge is 0.0541 e. The molecule has 1 aromatic rings. The summed E-state index contributed by atoms with van der Waals surface area (Å²) in [5, 5.41) is 0. The number of likely N-dealkylation sites (N-methyl/N-ethyl adjacent to an activating group) is 1. The van der Waals surface area contributed by atoms with Gasteiger partial charge in [0.15, 0.2) is 0 Å². The lowest BCUT2D eigenvalue weighted by atomic mass is 9.97. The molecular formula is C11H11N. The molecule has 0 radical (unpaired) electrons. The molecule has 0 N–H and O–H groups in total. The van der Waals surface area contributed by atoms with Crippen LogP contribution in [0.5, 0.6) is 0 Å². The second-order valence-corrected chi connectivity index (χ2v) is 3.57. The lowest BCUT2D eigenvalue weighted by Crippen LogP contribution is -2.13. The molecular weight excluding hydrogens is 146 g/mol. The molecule has 0 amide bonds. The summed E-state index contributed by atoms with van der Waals surface area (Å²) >= 11 is 0. The van der Waals surface area contributed by atoms with E-state index in [1.54, 1.807) is 0 Å². The summed E-state index contributed by atoms with van der Waals surface area (Å²) in [5.41, 5.74) is 2.99. The summed E-state index contributed by atoms with van der Waals surface area (Å²) in [6.45, 7) is 0. The molecule has 0 fully saturated rings. The number of hydrogen-bond donors (Lipinski definition) is 0. The van der Waals surface area contributed by atoms with Crippen LogP contribution in [0.25, 0.3) is 0 Å². The maximum Gasteiger partial charge on any atom is 0.0541 e. The zero-order valence-corrected chi connectivity index (χ0v) is 7.07. The van der Waals surface area contributed by atoms with Crippen LogP contribution in [-0.4, -0.2) is 11.9 Å². The molecule has 1 aromatic carbocycles. The van der Waals surface area contributed by atoms with E-state index < -0.39 is 0 Å². The van der Waals surface area contributed by atoms with Crippen molar-refractivity contribution in [2.75, 3.05) is 7.05 Å². The summed E-state index contributed by atoms with van der Waals surface area (Å²) in [4.78, 5) is 2.41. The van der Waals surface area contributed by atoms with Crippen molar-refractivity contribution in [2.45, 2.75) is 12.1 Å². The summed E-state index contributed by atoms with van der Waals surface area (Å²) < 4.78 is 0. The van der Waals surface area contributed by atoms with Crippen LogP contribution < -0.4 is 0 Å². The number of rotatable bonds is 0. The van der Waals surface area contributed by atoms with Crippen LogP contribution in [0, 0.1) is 0 Å². The molecule has 2 atom stereocenters. The lowest BCUT2D eigenvalue weighted by molar-refractivity contribution is 0.299. The second-order valence-electron chi connectivity index (χ2n) is 3.57. The highest BCUT2D eigenvalue weighted by molar-refractivity contribution is 5.45. The fraction of sp³-hybridized carbons (Fsp3) is 0.273. The topological polar surface area (TPSA) is 3.24 Å². The summed E-state index contributed by atoms with van der Waals surface area (Å²) in [6, 6.07) is 9.82. The molecule has 1 heteroatoms. The quantitative estimate of drug-likeness (QED) is 0.522. The van der Waals surface area contributed by atoms with Gasteiger partial charge in [0.1, 0.15) is 0 Å². The minimum Gasteiger partial charge on any atom is -0.285 e. The van der Waals surface area contributed by atoms with Gasteiger partial charge in [0.05, 0.1) is 12.1 Å². The van der Waals surface area contributed by atoms with Crippen molar-refractivity contribution in [2.24, 2.45) is 0 Å². The van der Waals surface area contributed by atoms with E-state index in [0.717, 1.165) is 0 Å². The van der Waals surface area contributed by atoms with Gasteiger partial charge in [-0.2, -0.15) is 0 Å². The van der Waals surface area contributed by atoms with Crippen LogP contribution in [0.2, 0.25) is 0 Å². The number of nitrogens with zero attached hydrogens (tertiary/aromatic N) is 1. The average molecular weight is 157 g/mol. The minimum atomic E-state index is 0.547. The first kappa shape index (κ1) is 6.44. The van der Waals surface area contributed by atoms with Crippen molar-refractivity contribution < 1.29 is 0 Å². The zero-order valence-electron chi connectivity index (χ0n) is 7.07. The van der Waals surface area contributed by atoms with Gasteiger partial charge in [-0.05, 0) is 18.2 Å². The molecule has 0 saturated carbocycles. The van der Waals surface area contributed by atoms with Gasteiger partial charge in [-0.3, -0.25) is 4.90 Å². The first-order valence-corrected chi connectivity index (χ1v) is 4.37. The molecule has 12 heavy (non-hydrogen) atoms. The maximum atomic E-state index is 2.41. The Labute approximate surface area is 72.3 Å². The van der Waals surface area contributed by atoms with Gasteiger partial charge >= 0.3 is 0 Å². The Kier molecular flexibility index (Phi) is 1.07. The Bertz CT molecular complexity index is 321. The lowest BCUT2D eigenvalue weighted by Gasteiger charge is -2.14. The monoisotopic (exact) mass is 157 g/mol. The Morgan fingerprint density at radius 2 is 1.50 bits per heavy atom. The highest BCUT2D eigenvalue weighted by Gasteiger charge is 2.36. The highest BCUT2D eigenvalue weighted by Crippen LogP contribution is 2.46. The van der Waals surface area contributed by atoms with Gasteiger partial charge in [-0.1, -0.05) is 36.4 Å². The van der Waals surface area contributed by atoms with Crippen molar-refractivity contribution in [3.63, 3.8) is 0 Å². The second kappa shape index (κ2) is 1.99. The van der Waals surface area contributed by atoms with Crippen molar-refractivity contribution in [1.29, 1.82) is 0 Å². The van der Waals surface area contributed by atoms with Crippen LogP contribution in [0.1, 0.15) is 23.2 Å². The van der Waals surface area contributed by atoms with E-state index in [1.807, 2.05) is 0 Å². The molecule has 0 aromatic heterocycles. The van der Waals surface area contributed by atoms with Gasteiger partial charge in [0.2, 0.25) is 0 Å². The third kappa shape index (κ3) is 0.585. The molecule has 0 unspecified atom stereocenters. The molecule has 1 nitrogen and oxygen atoms in total. The van der Waals surface area contributed by atoms with Gasteiger partial charge < -0.3 is 0 Å². The standard InChI is InChI=1S/C11H11N/c1-12-10-6-7-11(12)9-5-3-2-4-8(9)10/h2-7,10-11H,1H3/t10-,11+. The highest BCUT2D eigenvalue weighted by atomic mass is 15.2. The Balaban J connectivity index is 2.25. The SMILES string of the molecule is CN1[C@@H]2C=C[C@H]1c1ccccc12. The van der Waals surface area contributed by atoms with Crippen LogP contribution in [0.15, 0.2) is 36.4 Å². The maximum absolute atomic E-state index is 2.41. The molecule has 2 aliphatic rings. The Hall–Kier alpha value is -1.08. The van der Waals surface area contributed by atoms with Crippen molar-refractivity contribution >= 4 is 0 Å². The third-order valence-electron chi connectivity index (χ3n) is 2.99. The minimum absolute atomic E-state index is 0.547. The third-order valence-corrected chi connectivity index (χ3v) is 2.99. The van der Waals surface area contributed by atoms with Crippen molar-refractivity contribution in [3.8, 4) is 0 Å². The Morgan fingerprint density at radius 1 is 1.00 bits per heavy atom. The van der Waals surface area contributed by atoms with E-state index in [1.165, 1.54) is 11.1 Å². The molecule has 0 saturated heterocycles. The van der Waals surface area contributed by atoms with E-state index in [-0.39, 0.29) is 0 Å². The normalized spacial score (nSPS) is 31.1. The zero-order chi connectivity index (χ0) is 8.13. The summed E-state index contributed by atoms with van der Waals surface area (Å²) in [7, 11) is 2.19. The van der Waals surface area contributed by atoms with Gasteiger partial charge in [-0.25, -0.2) is 0 Å². The van der Waals surface area contributed by atoms with E-state index in [2.05, 4.69) is 48.4 Å². The number of fused-ring (bicyclic) bond motifs is 5. The molecule has 60 valence electrons. The molecule has 0 spiro atoms. The number of hydrogen-bond acceptors (Lipinski definition) is 1. The predicted octanol–water partition coefficient (Wildman–Crippen LogP) is 2.28.